The Morgan fingerprint density at radius 1 is 0.562 bits per heavy atom. The molecular formula is C30H41BSi. The first-order chi connectivity index (χ1) is 15.8. The van der Waals surface area contributed by atoms with Crippen molar-refractivity contribution in [1.29, 1.82) is 0 Å². The van der Waals surface area contributed by atoms with E-state index < -0.39 is 7.94 Å². The molecule has 0 aromatic heterocycles. The lowest BCUT2D eigenvalue weighted by atomic mass is 9.65. The maximum atomic E-state index is 2.50. The van der Waals surface area contributed by atoms with Crippen LogP contribution in [0.4, 0.5) is 0 Å². The van der Waals surface area contributed by atoms with Crippen LogP contribution in [0.1, 0.15) is 64.9 Å². The van der Waals surface area contributed by atoms with Crippen LogP contribution in [0.5, 0.6) is 0 Å². The largest absolute Gasteiger partial charge is 0.151 e. The number of rotatable bonds is 13. The summed E-state index contributed by atoms with van der Waals surface area (Å²) in [5.74, 6) is 0. The van der Waals surface area contributed by atoms with Crippen molar-refractivity contribution in [2.24, 2.45) is 0 Å². The molecule has 0 heterocycles. The Bertz CT molecular complexity index is 859. The van der Waals surface area contributed by atoms with E-state index in [4.69, 9.17) is 0 Å². The van der Waals surface area contributed by atoms with Crippen molar-refractivity contribution < 1.29 is 0 Å². The van der Waals surface area contributed by atoms with Crippen LogP contribution in [0.15, 0.2) is 84.9 Å². The molecule has 0 aliphatic heterocycles. The highest BCUT2D eigenvalue weighted by molar-refractivity contribution is 7.49. The summed E-state index contributed by atoms with van der Waals surface area (Å²) in [5.41, 5.74) is 1.59. The first-order valence-electron chi connectivity index (χ1n) is 13.0. The highest BCUT2D eigenvalue weighted by atomic mass is 28.3. The molecular weight excluding hydrogens is 399 g/mol. The summed E-state index contributed by atoms with van der Waals surface area (Å²) in [6.07, 6.45) is 12.3. The molecule has 3 aromatic rings. The van der Waals surface area contributed by atoms with Gasteiger partial charge in [0.25, 0.3) is 0 Å². The standard InChI is InChI=1S/C30H41BSi/c1-4-7-18-27-19-16-17-24-30(27)32(28-20-12-10-13-21-28,29-22-14-11-15-23-29)31(25-8-5-2)26-9-6-3/h10-17,19-24H,4-9,18,25-26H2,1-3H3. The van der Waals surface area contributed by atoms with Gasteiger partial charge in [0.05, 0.1) is 0 Å². The number of benzene rings is 3. The molecule has 0 aliphatic carbocycles. The Labute approximate surface area is 198 Å². The summed E-state index contributed by atoms with van der Waals surface area (Å²) in [7, 11) is -2.22. The van der Waals surface area contributed by atoms with Gasteiger partial charge in [-0.1, -0.05) is 166 Å². The zero-order chi connectivity index (χ0) is 22.7. The van der Waals surface area contributed by atoms with Gasteiger partial charge < -0.3 is 0 Å². The van der Waals surface area contributed by atoms with Gasteiger partial charge in [-0.3, -0.25) is 0 Å². The van der Waals surface area contributed by atoms with E-state index in [1.807, 2.05) is 0 Å². The predicted octanol–water partition coefficient (Wildman–Crippen LogP) is 6.67. The van der Waals surface area contributed by atoms with Crippen LogP contribution >= 0.6 is 0 Å². The van der Waals surface area contributed by atoms with Gasteiger partial charge in [0, 0.05) is 0 Å². The van der Waals surface area contributed by atoms with E-state index in [1.165, 1.54) is 57.6 Å². The molecule has 0 amide bonds. The molecule has 0 saturated heterocycles. The van der Waals surface area contributed by atoms with Gasteiger partial charge >= 0.3 is 0 Å². The Kier molecular flexibility index (Phi) is 9.87. The van der Waals surface area contributed by atoms with E-state index in [1.54, 1.807) is 21.1 Å². The summed E-state index contributed by atoms with van der Waals surface area (Å²) in [4.78, 5) is 0. The number of unbranched alkanes of at least 4 members (excludes halogenated alkanes) is 3. The molecule has 0 radical (unpaired) electrons. The van der Waals surface area contributed by atoms with E-state index in [9.17, 15) is 0 Å². The highest BCUT2D eigenvalue weighted by Gasteiger charge is 2.48. The summed E-state index contributed by atoms with van der Waals surface area (Å²) in [6, 6.07) is 32.7. The fraction of sp³-hybridized carbons (Fsp3) is 0.400. The van der Waals surface area contributed by atoms with Gasteiger partial charge in [-0.2, -0.15) is 0 Å². The minimum absolute atomic E-state index is 0.718. The number of hydrogen-bond donors (Lipinski definition) is 0. The third kappa shape index (κ3) is 5.46. The molecule has 0 nitrogen and oxygen atoms in total. The number of aryl methyl sites for hydroxylation is 1. The van der Waals surface area contributed by atoms with Crippen LogP contribution in [-0.2, 0) is 6.42 Å². The topological polar surface area (TPSA) is 0 Å². The molecule has 168 valence electrons. The molecule has 3 aromatic carbocycles. The van der Waals surface area contributed by atoms with Crippen LogP contribution in [0.3, 0.4) is 0 Å². The second kappa shape index (κ2) is 12.8. The molecule has 3 rings (SSSR count). The Morgan fingerprint density at radius 3 is 1.53 bits per heavy atom. The maximum absolute atomic E-state index is 2.50. The SMILES string of the molecule is CCCCB(CCCC)[Si](c1ccccc1)(c1ccccc1)c1ccccc1CCCC. The van der Waals surface area contributed by atoms with Gasteiger partial charge in [0.1, 0.15) is 7.94 Å². The van der Waals surface area contributed by atoms with Crippen molar-refractivity contribution in [3.8, 4) is 0 Å². The first kappa shape index (κ1) is 24.6. The molecule has 0 saturated carbocycles. The normalized spacial score (nSPS) is 11.5. The van der Waals surface area contributed by atoms with E-state index in [2.05, 4.69) is 106 Å². The Hall–Kier alpha value is -2.06. The minimum Gasteiger partial charge on any atom is -0.0752 e. The molecule has 0 bridgehead atoms. The summed E-state index contributed by atoms with van der Waals surface area (Å²) in [5, 5.41) is 4.85. The van der Waals surface area contributed by atoms with Crippen LogP contribution in [0, 0.1) is 0 Å². The number of hydrogen-bond acceptors (Lipinski definition) is 0. The molecule has 2 heteroatoms. The second-order valence-corrected chi connectivity index (χ2v) is 13.4. The smallest absolute Gasteiger partial charge is 0.0752 e. The average Bonchev–Trinajstić information content (AvgIpc) is 2.86. The van der Waals surface area contributed by atoms with Gasteiger partial charge in [0.15, 0.2) is 6.31 Å². The summed E-state index contributed by atoms with van der Waals surface area (Å²) < 4.78 is 0. The molecule has 0 unspecified atom stereocenters. The molecule has 0 aliphatic rings. The lowest BCUT2D eigenvalue weighted by molar-refractivity contribution is 0.797. The van der Waals surface area contributed by atoms with Crippen molar-refractivity contribution >= 4 is 29.8 Å². The predicted molar refractivity (Wildman–Crippen MR) is 148 cm³/mol. The lowest BCUT2D eigenvalue weighted by Crippen LogP contribution is -2.76. The van der Waals surface area contributed by atoms with E-state index in [-0.39, 0.29) is 0 Å². The van der Waals surface area contributed by atoms with Crippen molar-refractivity contribution in [2.75, 3.05) is 0 Å². The van der Waals surface area contributed by atoms with Gasteiger partial charge in [-0.25, -0.2) is 0 Å². The average molecular weight is 441 g/mol. The van der Waals surface area contributed by atoms with Gasteiger partial charge in [-0.05, 0) is 18.4 Å². The van der Waals surface area contributed by atoms with Crippen LogP contribution in [0.25, 0.3) is 0 Å². The maximum Gasteiger partial charge on any atom is 0.151 e. The zero-order valence-electron chi connectivity index (χ0n) is 20.5. The Morgan fingerprint density at radius 2 is 1.03 bits per heavy atom. The third-order valence-electron chi connectivity index (χ3n) is 7.12. The lowest BCUT2D eigenvalue weighted by Gasteiger charge is -2.41. The Balaban J connectivity index is 2.34. The minimum atomic E-state index is -2.22. The van der Waals surface area contributed by atoms with E-state index >= 15 is 0 Å². The van der Waals surface area contributed by atoms with E-state index in [0.717, 1.165) is 6.31 Å². The monoisotopic (exact) mass is 440 g/mol. The summed E-state index contributed by atoms with van der Waals surface area (Å²) >= 11 is 0. The van der Waals surface area contributed by atoms with Crippen LogP contribution < -0.4 is 15.6 Å². The van der Waals surface area contributed by atoms with Crippen molar-refractivity contribution in [2.45, 2.75) is 78.4 Å². The molecule has 0 atom stereocenters. The van der Waals surface area contributed by atoms with Crippen LogP contribution in [0.2, 0.25) is 12.6 Å². The quantitative estimate of drug-likeness (QED) is 0.206. The van der Waals surface area contributed by atoms with Crippen molar-refractivity contribution in [3.63, 3.8) is 0 Å². The molecule has 0 fully saturated rings. The molecule has 0 spiro atoms. The van der Waals surface area contributed by atoms with Gasteiger partial charge in [-0.15, -0.1) is 0 Å². The van der Waals surface area contributed by atoms with Gasteiger partial charge in [0.2, 0.25) is 0 Å². The second-order valence-electron chi connectivity index (χ2n) is 9.28. The fourth-order valence-electron chi connectivity index (χ4n) is 5.54. The zero-order valence-corrected chi connectivity index (χ0v) is 21.5. The first-order valence-corrected chi connectivity index (χ1v) is 15.1. The molecule has 0 N–H and O–H groups in total. The van der Waals surface area contributed by atoms with Crippen molar-refractivity contribution in [3.05, 3.63) is 90.5 Å². The molecule has 32 heavy (non-hydrogen) atoms. The van der Waals surface area contributed by atoms with Crippen LogP contribution in [-0.4, -0.2) is 14.2 Å². The third-order valence-corrected chi connectivity index (χ3v) is 12.8. The summed E-state index contributed by atoms with van der Waals surface area (Å²) in [6.45, 7) is 7.01. The van der Waals surface area contributed by atoms with E-state index in [0.29, 0.717) is 0 Å². The highest BCUT2D eigenvalue weighted by Crippen LogP contribution is 2.23. The fourth-order valence-corrected chi connectivity index (χ4v) is 11.7. The van der Waals surface area contributed by atoms with Crippen molar-refractivity contribution in [1.82, 2.24) is 0 Å².